The molecule has 6 heteroatoms. The van der Waals surface area contributed by atoms with Crippen molar-refractivity contribution < 1.29 is 24.0 Å². The Labute approximate surface area is 217 Å². The monoisotopic (exact) mass is 516 g/mol. The van der Waals surface area contributed by atoms with E-state index >= 15 is 0 Å². The molecule has 0 aliphatic heterocycles. The molecule has 0 aromatic heterocycles. The van der Waals surface area contributed by atoms with Gasteiger partial charge in [-0.05, 0) is 85.4 Å². The molecule has 36 heavy (non-hydrogen) atoms. The van der Waals surface area contributed by atoms with Crippen molar-refractivity contribution in [2.45, 2.75) is 88.6 Å². The van der Waals surface area contributed by atoms with Crippen LogP contribution in [0.15, 0.2) is 42.5 Å². The third-order valence-electron chi connectivity index (χ3n) is 7.29. The van der Waals surface area contributed by atoms with Crippen molar-refractivity contribution in [3.05, 3.63) is 59.2 Å². The van der Waals surface area contributed by atoms with E-state index in [0.29, 0.717) is 18.5 Å². The highest BCUT2D eigenvalue weighted by molar-refractivity contribution is 7.57. The van der Waals surface area contributed by atoms with Crippen molar-refractivity contribution >= 4 is 7.37 Å². The van der Waals surface area contributed by atoms with Gasteiger partial charge in [-0.2, -0.15) is 0 Å². The summed E-state index contributed by atoms with van der Waals surface area (Å²) in [5.74, 6) is 2.32. The van der Waals surface area contributed by atoms with Gasteiger partial charge in [0.15, 0.2) is 7.37 Å². The van der Waals surface area contributed by atoms with E-state index in [1.165, 1.54) is 69.2 Å². The molecule has 2 aromatic rings. The molecule has 5 nitrogen and oxygen atoms in total. The van der Waals surface area contributed by atoms with Gasteiger partial charge in [0, 0.05) is 12.8 Å². The predicted molar refractivity (Wildman–Crippen MR) is 148 cm³/mol. The predicted octanol–water partition coefficient (Wildman–Crippen LogP) is 7.42. The number of methoxy groups -OCH3 is 2. The van der Waals surface area contributed by atoms with Crippen LogP contribution in [0.4, 0.5) is 0 Å². The normalized spacial score (nSPS) is 19.8. The van der Waals surface area contributed by atoms with Crippen molar-refractivity contribution in [1.29, 1.82) is 0 Å². The van der Waals surface area contributed by atoms with Gasteiger partial charge >= 0.3 is 0 Å². The zero-order chi connectivity index (χ0) is 26.0. The Bertz CT molecular complexity index is 984. The van der Waals surface area contributed by atoms with E-state index in [1.807, 2.05) is 30.3 Å². The van der Waals surface area contributed by atoms with Crippen LogP contribution in [0.2, 0.25) is 0 Å². The standard InChI is InChI=1S/C17H24O2.C10H15O3P.C3H6/c1-19-14-8-9-16(17(18)10-5-11-17)15(12-14)13-6-3-2-4-7-13;1-13-10-5-3-4-9(8-10)6-7-14(2,11)12;1-2-3-1/h8-9,12-13,18H,2-7,10-11H2,1H3;3-5,8H,6-7H2,1-2H3,(H,11,12);1-3H2. The topological polar surface area (TPSA) is 76.0 Å². The van der Waals surface area contributed by atoms with Gasteiger partial charge in [-0.1, -0.05) is 56.7 Å². The number of aliphatic hydroxyl groups is 1. The van der Waals surface area contributed by atoms with Crippen molar-refractivity contribution in [2.24, 2.45) is 0 Å². The third-order valence-corrected chi connectivity index (χ3v) is 8.34. The molecule has 2 aromatic carbocycles. The quantitative estimate of drug-likeness (QED) is 0.375. The molecule has 2 N–H and O–H groups in total. The first-order valence-electron chi connectivity index (χ1n) is 13.6. The van der Waals surface area contributed by atoms with Crippen LogP contribution in [0.25, 0.3) is 0 Å². The third kappa shape index (κ3) is 9.25. The average Bonchev–Trinajstić information content (AvgIpc) is 3.76. The Morgan fingerprint density at radius 2 is 1.50 bits per heavy atom. The van der Waals surface area contributed by atoms with Crippen LogP contribution in [0, 0.1) is 0 Å². The molecule has 3 saturated carbocycles. The lowest BCUT2D eigenvalue weighted by atomic mass is 9.70. The zero-order valence-electron chi connectivity index (χ0n) is 22.4. The van der Waals surface area contributed by atoms with Gasteiger partial charge in [-0.25, -0.2) is 0 Å². The van der Waals surface area contributed by atoms with E-state index in [-0.39, 0.29) is 0 Å². The van der Waals surface area contributed by atoms with Crippen LogP contribution >= 0.6 is 7.37 Å². The van der Waals surface area contributed by atoms with Crippen molar-refractivity contribution in [3.63, 3.8) is 0 Å². The smallest absolute Gasteiger partial charge is 0.197 e. The second kappa shape index (κ2) is 13.7. The molecule has 1 unspecified atom stereocenters. The summed E-state index contributed by atoms with van der Waals surface area (Å²) in [5.41, 5.74) is 2.99. The summed E-state index contributed by atoms with van der Waals surface area (Å²) < 4.78 is 21.5. The second-order valence-corrected chi connectivity index (χ2v) is 13.2. The lowest BCUT2D eigenvalue weighted by Crippen LogP contribution is -2.35. The first kappa shape index (κ1) is 28.8. The largest absolute Gasteiger partial charge is 0.497 e. The van der Waals surface area contributed by atoms with Gasteiger partial charge in [0.05, 0.1) is 19.8 Å². The van der Waals surface area contributed by atoms with Crippen molar-refractivity contribution in [2.75, 3.05) is 27.0 Å². The summed E-state index contributed by atoms with van der Waals surface area (Å²) in [4.78, 5) is 9.13. The Morgan fingerprint density at radius 3 is 2.03 bits per heavy atom. The number of hydrogen-bond donors (Lipinski definition) is 2. The Morgan fingerprint density at radius 1 is 0.889 bits per heavy atom. The first-order valence-corrected chi connectivity index (χ1v) is 15.9. The summed E-state index contributed by atoms with van der Waals surface area (Å²) >= 11 is 0. The van der Waals surface area contributed by atoms with E-state index in [0.717, 1.165) is 36.3 Å². The van der Waals surface area contributed by atoms with Gasteiger partial charge in [0.2, 0.25) is 0 Å². The van der Waals surface area contributed by atoms with Gasteiger partial charge in [0.1, 0.15) is 11.5 Å². The fraction of sp³-hybridized carbons (Fsp3) is 0.600. The number of hydrogen-bond acceptors (Lipinski definition) is 4. The maximum atomic E-state index is 11.1. The van der Waals surface area contributed by atoms with E-state index in [4.69, 9.17) is 14.4 Å². The maximum Gasteiger partial charge on any atom is 0.197 e. The summed E-state index contributed by atoms with van der Waals surface area (Å²) in [6.07, 6.45) is 14.9. The molecule has 1 atom stereocenters. The van der Waals surface area contributed by atoms with E-state index in [2.05, 4.69) is 12.1 Å². The van der Waals surface area contributed by atoms with E-state index < -0.39 is 13.0 Å². The summed E-state index contributed by atoms with van der Waals surface area (Å²) in [6.45, 7) is 1.38. The van der Waals surface area contributed by atoms with Crippen LogP contribution in [0.5, 0.6) is 11.5 Å². The SMILES string of the molecule is C1CC1.COc1ccc(C2(O)CCC2)c(C2CCCCC2)c1.COc1cccc(CCP(C)(=O)O)c1. The molecule has 3 fully saturated rings. The Balaban J connectivity index is 0.000000186. The molecule has 0 heterocycles. The molecule has 3 aliphatic carbocycles. The van der Waals surface area contributed by atoms with Crippen LogP contribution in [-0.2, 0) is 16.6 Å². The van der Waals surface area contributed by atoms with Gasteiger partial charge in [0.25, 0.3) is 0 Å². The van der Waals surface area contributed by atoms with Gasteiger partial charge in [-0.3, -0.25) is 4.57 Å². The fourth-order valence-corrected chi connectivity index (χ4v) is 5.46. The van der Waals surface area contributed by atoms with E-state index in [1.54, 1.807) is 14.2 Å². The molecule has 0 spiro atoms. The highest BCUT2D eigenvalue weighted by atomic mass is 31.2. The zero-order valence-corrected chi connectivity index (χ0v) is 23.3. The molecule has 0 amide bonds. The van der Waals surface area contributed by atoms with Crippen molar-refractivity contribution in [3.8, 4) is 11.5 Å². The number of benzene rings is 2. The minimum Gasteiger partial charge on any atom is -0.497 e. The average molecular weight is 517 g/mol. The summed E-state index contributed by atoms with van der Waals surface area (Å²) in [6, 6.07) is 13.8. The van der Waals surface area contributed by atoms with Crippen LogP contribution < -0.4 is 9.47 Å². The summed E-state index contributed by atoms with van der Waals surface area (Å²) in [7, 11) is 0.431. The first-order chi connectivity index (χ1) is 17.2. The van der Waals surface area contributed by atoms with E-state index in [9.17, 15) is 9.67 Å². The highest BCUT2D eigenvalue weighted by Gasteiger charge is 2.39. The molecule has 5 rings (SSSR count). The Hall–Kier alpha value is -1.81. The highest BCUT2D eigenvalue weighted by Crippen LogP contribution is 2.47. The lowest BCUT2D eigenvalue weighted by Gasteiger charge is -2.40. The van der Waals surface area contributed by atoms with Crippen LogP contribution in [0.1, 0.15) is 93.2 Å². The molecule has 0 saturated heterocycles. The van der Waals surface area contributed by atoms with Gasteiger partial charge in [-0.15, -0.1) is 0 Å². The maximum absolute atomic E-state index is 11.1. The summed E-state index contributed by atoms with van der Waals surface area (Å²) in [5, 5.41) is 10.7. The number of rotatable bonds is 7. The molecule has 200 valence electrons. The molecule has 0 bridgehead atoms. The number of ether oxygens (including phenoxy) is 2. The molecular formula is C30H45O5P. The Kier molecular flexibility index (Phi) is 10.9. The number of aryl methyl sites for hydroxylation is 1. The minimum atomic E-state index is -2.90. The second-order valence-electron chi connectivity index (χ2n) is 10.6. The fourth-order valence-electron chi connectivity index (χ4n) is 4.79. The van der Waals surface area contributed by atoms with Crippen LogP contribution in [-0.4, -0.2) is 37.0 Å². The van der Waals surface area contributed by atoms with Crippen LogP contribution in [0.3, 0.4) is 0 Å². The molecule has 0 radical (unpaired) electrons. The van der Waals surface area contributed by atoms with Gasteiger partial charge < -0.3 is 19.5 Å². The van der Waals surface area contributed by atoms with Crippen molar-refractivity contribution in [1.82, 2.24) is 0 Å². The minimum absolute atomic E-state index is 0.320. The lowest BCUT2D eigenvalue weighted by molar-refractivity contribution is -0.0399. The molecule has 3 aliphatic rings. The molecular weight excluding hydrogens is 471 g/mol.